The Balaban J connectivity index is 1.70. The summed E-state index contributed by atoms with van der Waals surface area (Å²) in [4.78, 5) is 17.2. The standard InChI is InChI=1S/C17H18N2O4S/c1-11(2)23-17(19-16(20)15-4-3-7-24-15)18-9-12-5-6-13-14(8-12)22-10-21-13/h3-8,11H,9-10H2,1-2H3,(H,18,19,20). The molecular weight excluding hydrogens is 328 g/mol. The Kier molecular flexibility index (Phi) is 5.00. The van der Waals surface area contributed by atoms with Crippen molar-refractivity contribution in [3.63, 3.8) is 0 Å². The number of carbonyl (C=O) groups is 1. The Bertz CT molecular complexity index is 741. The van der Waals surface area contributed by atoms with Crippen molar-refractivity contribution in [1.82, 2.24) is 5.32 Å². The van der Waals surface area contributed by atoms with Gasteiger partial charge in [-0.1, -0.05) is 12.1 Å². The van der Waals surface area contributed by atoms with Gasteiger partial charge in [0.05, 0.1) is 17.5 Å². The van der Waals surface area contributed by atoms with Crippen molar-refractivity contribution in [3.8, 4) is 11.5 Å². The third-order valence-electron chi connectivity index (χ3n) is 3.15. The van der Waals surface area contributed by atoms with Crippen LogP contribution in [0.5, 0.6) is 11.5 Å². The summed E-state index contributed by atoms with van der Waals surface area (Å²) in [6.07, 6.45) is -0.0934. The van der Waals surface area contributed by atoms with Crippen LogP contribution < -0.4 is 14.8 Å². The number of benzene rings is 1. The van der Waals surface area contributed by atoms with E-state index in [1.54, 1.807) is 6.07 Å². The third kappa shape index (κ3) is 4.05. The topological polar surface area (TPSA) is 69.2 Å². The second-order valence-corrected chi connectivity index (χ2v) is 6.35. The lowest BCUT2D eigenvalue weighted by Crippen LogP contribution is -2.33. The number of amidine groups is 1. The number of aliphatic imine (C=N–C) groups is 1. The number of hydrogen-bond acceptors (Lipinski definition) is 6. The molecule has 1 aliphatic heterocycles. The van der Waals surface area contributed by atoms with Gasteiger partial charge in [0, 0.05) is 0 Å². The smallest absolute Gasteiger partial charge is 0.292 e. The molecule has 0 spiro atoms. The summed E-state index contributed by atoms with van der Waals surface area (Å²) in [5.74, 6) is 1.21. The van der Waals surface area contributed by atoms with Gasteiger partial charge in [-0.3, -0.25) is 10.1 Å². The van der Waals surface area contributed by atoms with Gasteiger partial charge in [0.1, 0.15) is 0 Å². The third-order valence-corrected chi connectivity index (χ3v) is 4.02. The molecular formula is C17H18N2O4S. The average Bonchev–Trinajstić information content (AvgIpc) is 3.22. The highest BCUT2D eigenvalue weighted by molar-refractivity contribution is 7.12. The lowest BCUT2D eigenvalue weighted by atomic mass is 10.2. The van der Waals surface area contributed by atoms with E-state index in [2.05, 4.69) is 10.3 Å². The van der Waals surface area contributed by atoms with E-state index in [0.717, 1.165) is 11.3 Å². The zero-order valence-electron chi connectivity index (χ0n) is 13.4. The van der Waals surface area contributed by atoms with Crippen LogP contribution in [0, 0.1) is 0 Å². The number of rotatable bonds is 4. The quantitative estimate of drug-likeness (QED) is 0.682. The first-order valence-electron chi connectivity index (χ1n) is 7.56. The minimum absolute atomic E-state index is 0.0934. The Hall–Kier alpha value is -2.54. The Morgan fingerprint density at radius 3 is 2.92 bits per heavy atom. The first-order valence-corrected chi connectivity index (χ1v) is 8.44. The van der Waals surface area contributed by atoms with Crippen molar-refractivity contribution in [1.29, 1.82) is 0 Å². The Labute approximate surface area is 144 Å². The Morgan fingerprint density at radius 1 is 1.33 bits per heavy atom. The summed E-state index contributed by atoms with van der Waals surface area (Å²) in [6, 6.07) is 9.42. The van der Waals surface area contributed by atoms with E-state index >= 15 is 0 Å². The molecule has 24 heavy (non-hydrogen) atoms. The van der Waals surface area contributed by atoms with Crippen LogP contribution in [-0.2, 0) is 11.3 Å². The number of ether oxygens (including phenoxy) is 3. The van der Waals surface area contributed by atoms with Crippen LogP contribution in [0.2, 0.25) is 0 Å². The van der Waals surface area contributed by atoms with Gasteiger partial charge in [0.2, 0.25) is 6.79 Å². The van der Waals surface area contributed by atoms with E-state index in [1.807, 2.05) is 43.5 Å². The van der Waals surface area contributed by atoms with Crippen LogP contribution in [0.15, 0.2) is 40.7 Å². The maximum atomic E-state index is 12.2. The zero-order valence-corrected chi connectivity index (χ0v) is 14.3. The molecule has 126 valence electrons. The highest BCUT2D eigenvalue weighted by Gasteiger charge is 2.14. The van der Waals surface area contributed by atoms with Gasteiger partial charge in [0.15, 0.2) is 11.5 Å². The van der Waals surface area contributed by atoms with Crippen molar-refractivity contribution in [2.75, 3.05) is 6.79 Å². The molecule has 7 heteroatoms. The first-order chi connectivity index (χ1) is 11.6. The van der Waals surface area contributed by atoms with Gasteiger partial charge in [-0.15, -0.1) is 11.3 Å². The van der Waals surface area contributed by atoms with Gasteiger partial charge < -0.3 is 14.2 Å². The highest BCUT2D eigenvalue weighted by atomic mass is 32.1. The predicted molar refractivity (Wildman–Crippen MR) is 91.7 cm³/mol. The van der Waals surface area contributed by atoms with Gasteiger partial charge in [-0.2, -0.15) is 0 Å². The molecule has 1 aliphatic rings. The van der Waals surface area contributed by atoms with E-state index in [0.29, 0.717) is 17.2 Å². The Morgan fingerprint density at radius 2 is 2.17 bits per heavy atom. The molecule has 1 amide bonds. The maximum Gasteiger partial charge on any atom is 0.292 e. The number of fused-ring (bicyclic) bond motifs is 1. The van der Waals surface area contributed by atoms with E-state index in [-0.39, 0.29) is 24.8 Å². The molecule has 2 heterocycles. The summed E-state index contributed by atoms with van der Waals surface area (Å²) in [6.45, 7) is 4.37. The molecule has 0 unspecified atom stereocenters. The van der Waals surface area contributed by atoms with E-state index < -0.39 is 0 Å². The summed E-state index contributed by atoms with van der Waals surface area (Å²) >= 11 is 1.37. The number of nitrogens with one attached hydrogen (secondary N) is 1. The molecule has 1 N–H and O–H groups in total. The SMILES string of the molecule is CC(C)OC(=NCc1ccc2c(c1)OCO2)NC(=O)c1cccs1. The number of amides is 1. The second kappa shape index (κ2) is 7.35. The van der Waals surface area contributed by atoms with Crippen LogP contribution in [0.4, 0.5) is 0 Å². The van der Waals surface area contributed by atoms with Crippen molar-refractivity contribution in [2.45, 2.75) is 26.5 Å². The largest absolute Gasteiger partial charge is 0.462 e. The maximum absolute atomic E-state index is 12.2. The van der Waals surface area contributed by atoms with Gasteiger partial charge >= 0.3 is 0 Å². The van der Waals surface area contributed by atoms with E-state index in [1.165, 1.54) is 11.3 Å². The molecule has 0 radical (unpaired) electrons. The molecule has 0 atom stereocenters. The number of hydrogen-bond donors (Lipinski definition) is 1. The lowest BCUT2D eigenvalue weighted by Gasteiger charge is -2.13. The normalized spacial score (nSPS) is 13.2. The molecule has 0 saturated carbocycles. The van der Waals surface area contributed by atoms with Crippen LogP contribution in [-0.4, -0.2) is 24.8 Å². The van der Waals surface area contributed by atoms with Crippen molar-refractivity contribution in [2.24, 2.45) is 4.99 Å². The average molecular weight is 346 g/mol. The molecule has 0 bridgehead atoms. The van der Waals surface area contributed by atoms with Gasteiger partial charge in [-0.05, 0) is 43.0 Å². The van der Waals surface area contributed by atoms with Gasteiger partial charge in [-0.25, -0.2) is 4.99 Å². The number of carbonyl (C=O) groups excluding carboxylic acids is 1. The summed E-state index contributed by atoms with van der Waals surface area (Å²) < 4.78 is 16.2. The van der Waals surface area contributed by atoms with E-state index in [4.69, 9.17) is 14.2 Å². The fourth-order valence-corrected chi connectivity index (χ4v) is 2.72. The molecule has 3 rings (SSSR count). The molecule has 2 aromatic rings. The molecule has 1 aromatic carbocycles. The lowest BCUT2D eigenvalue weighted by molar-refractivity contribution is 0.0963. The zero-order chi connectivity index (χ0) is 16.9. The molecule has 6 nitrogen and oxygen atoms in total. The van der Waals surface area contributed by atoms with E-state index in [9.17, 15) is 4.79 Å². The minimum Gasteiger partial charge on any atom is -0.462 e. The van der Waals surface area contributed by atoms with Crippen molar-refractivity contribution in [3.05, 3.63) is 46.2 Å². The van der Waals surface area contributed by atoms with Crippen molar-refractivity contribution >= 4 is 23.3 Å². The summed E-state index contributed by atoms with van der Waals surface area (Å²) in [7, 11) is 0. The minimum atomic E-state index is -0.227. The molecule has 0 aliphatic carbocycles. The summed E-state index contributed by atoms with van der Waals surface area (Å²) in [5.41, 5.74) is 0.939. The van der Waals surface area contributed by atoms with Crippen molar-refractivity contribution < 1.29 is 19.0 Å². The van der Waals surface area contributed by atoms with Crippen LogP contribution in [0.25, 0.3) is 0 Å². The number of thiophene rings is 1. The fourth-order valence-electron chi connectivity index (χ4n) is 2.10. The second-order valence-electron chi connectivity index (χ2n) is 5.41. The highest BCUT2D eigenvalue weighted by Crippen LogP contribution is 2.32. The summed E-state index contributed by atoms with van der Waals surface area (Å²) in [5, 5.41) is 4.57. The monoisotopic (exact) mass is 346 g/mol. The predicted octanol–water partition coefficient (Wildman–Crippen LogP) is 3.19. The fraction of sp³-hybridized carbons (Fsp3) is 0.294. The van der Waals surface area contributed by atoms with Crippen LogP contribution in [0.1, 0.15) is 29.1 Å². The first kappa shape index (κ1) is 16.3. The molecule has 0 saturated heterocycles. The molecule has 0 fully saturated rings. The molecule has 1 aromatic heterocycles. The van der Waals surface area contributed by atoms with Crippen LogP contribution >= 0.6 is 11.3 Å². The number of nitrogens with zero attached hydrogens (tertiary/aromatic N) is 1. The van der Waals surface area contributed by atoms with Gasteiger partial charge in [0.25, 0.3) is 11.9 Å². The van der Waals surface area contributed by atoms with Crippen LogP contribution in [0.3, 0.4) is 0 Å².